The molecular formula is C26H29ClF3N5O2. The van der Waals surface area contributed by atoms with Crippen LogP contribution >= 0.6 is 12.4 Å². The molecule has 2 heterocycles. The van der Waals surface area contributed by atoms with E-state index in [0.717, 1.165) is 17.7 Å². The fourth-order valence-corrected chi connectivity index (χ4v) is 4.22. The summed E-state index contributed by atoms with van der Waals surface area (Å²) in [5, 5.41) is 4.75. The number of aryl methyl sites for hydroxylation is 1. The molecule has 0 aliphatic carbocycles. The lowest BCUT2D eigenvalue weighted by Gasteiger charge is -2.31. The van der Waals surface area contributed by atoms with Crippen molar-refractivity contribution >= 4 is 24.3 Å². The summed E-state index contributed by atoms with van der Waals surface area (Å²) in [6.45, 7) is 4.31. The Kier molecular flexibility index (Phi) is 8.22. The maximum atomic E-state index is 13.5. The number of anilines is 1. The van der Waals surface area contributed by atoms with E-state index in [9.17, 15) is 22.8 Å². The molecule has 1 aromatic heterocycles. The van der Waals surface area contributed by atoms with Crippen LogP contribution in [0, 0.1) is 6.92 Å². The summed E-state index contributed by atoms with van der Waals surface area (Å²) < 4.78 is 40.1. The van der Waals surface area contributed by atoms with Gasteiger partial charge in [0.05, 0.1) is 29.4 Å². The zero-order valence-corrected chi connectivity index (χ0v) is 21.8. The van der Waals surface area contributed by atoms with E-state index in [2.05, 4.69) is 10.3 Å². The number of amides is 1. The molecule has 0 saturated heterocycles. The largest absolute Gasteiger partial charge is 0.416 e. The summed E-state index contributed by atoms with van der Waals surface area (Å²) in [5.74, 6) is 0.143. The first-order valence-corrected chi connectivity index (χ1v) is 11.6. The zero-order chi connectivity index (χ0) is 26.2. The van der Waals surface area contributed by atoms with E-state index in [1.807, 2.05) is 19.1 Å². The van der Waals surface area contributed by atoms with E-state index in [1.165, 1.54) is 16.8 Å². The minimum atomic E-state index is -4.41. The quantitative estimate of drug-likeness (QED) is 0.518. The number of aromatic nitrogens is 2. The van der Waals surface area contributed by atoms with Crippen molar-refractivity contribution in [1.82, 2.24) is 14.6 Å². The molecule has 3 aromatic rings. The van der Waals surface area contributed by atoms with E-state index in [4.69, 9.17) is 0 Å². The number of hydrogen-bond acceptors (Lipinski definition) is 5. The van der Waals surface area contributed by atoms with Crippen molar-refractivity contribution in [1.29, 1.82) is 0 Å². The molecule has 0 unspecified atom stereocenters. The number of alkyl halides is 3. The second kappa shape index (κ2) is 10.8. The molecule has 198 valence electrons. The highest BCUT2D eigenvalue weighted by Gasteiger charge is 2.31. The molecule has 1 atom stereocenters. The molecule has 0 radical (unpaired) electrons. The summed E-state index contributed by atoms with van der Waals surface area (Å²) in [6.07, 6.45) is -3.99. The van der Waals surface area contributed by atoms with Crippen LogP contribution in [0.15, 0.2) is 53.3 Å². The average Bonchev–Trinajstić information content (AvgIpc) is 2.83. The van der Waals surface area contributed by atoms with Gasteiger partial charge in [-0.1, -0.05) is 29.8 Å². The molecule has 1 amide bonds. The Morgan fingerprint density at radius 1 is 1.08 bits per heavy atom. The fraction of sp³-hybridized carbons (Fsp3) is 0.346. The van der Waals surface area contributed by atoms with E-state index in [1.54, 1.807) is 43.1 Å². The molecule has 0 spiro atoms. The summed E-state index contributed by atoms with van der Waals surface area (Å²) in [6, 6.07) is 11.8. The molecule has 0 bridgehead atoms. The van der Waals surface area contributed by atoms with Gasteiger partial charge in [-0.15, -0.1) is 12.4 Å². The van der Waals surface area contributed by atoms with Gasteiger partial charge in [0, 0.05) is 32.6 Å². The predicted molar refractivity (Wildman–Crippen MR) is 139 cm³/mol. The number of hydrogen-bond donors (Lipinski definition) is 1. The third-order valence-electron chi connectivity index (χ3n) is 6.28. The van der Waals surface area contributed by atoms with Gasteiger partial charge in [0.25, 0.3) is 11.5 Å². The highest BCUT2D eigenvalue weighted by molar-refractivity contribution is 5.94. The first-order valence-electron chi connectivity index (χ1n) is 11.6. The van der Waals surface area contributed by atoms with Crippen LogP contribution in [0.25, 0.3) is 0 Å². The van der Waals surface area contributed by atoms with Crippen LogP contribution in [0.5, 0.6) is 0 Å². The summed E-state index contributed by atoms with van der Waals surface area (Å²) >= 11 is 0. The minimum absolute atomic E-state index is 0. The van der Waals surface area contributed by atoms with Crippen molar-refractivity contribution in [2.45, 2.75) is 39.0 Å². The molecular weight excluding hydrogens is 507 g/mol. The summed E-state index contributed by atoms with van der Waals surface area (Å²) in [7, 11) is 3.39. The van der Waals surface area contributed by atoms with E-state index in [-0.39, 0.29) is 36.4 Å². The Labute approximate surface area is 219 Å². The topological polar surface area (TPSA) is 70.5 Å². The Morgan fingerprint density at radius 3 is 2.27 bits per heavy atom. The van der Waals surface area contributed by atoms with Crippen molar-refractivity contribution in [3.05, 3.63) is 92.4 Å². The van der Waals surface area contributed by atoms with Gasteiger partial charge in [-0.05, 0) is 43.7 Å². The third kappa shape index (κ3) is 5.90. The van der Waals surface area contributed by atoms with Gasteiger partial charge in [0.15, 0.2) is 0 Å². The lowest BCUT2D eigenvalue weighted by Crippen LogP contribution is -2.45. The number of rotatable bonds is 5. The zero-order valence-electron chi connectivity index (χ0n) is 21.0. The molecule has 4 rings (SSSR count). The van der Waals surface area contributed by atoms with Gasteiger partial charge in [0.1, 0.15) is 0 Å². The van der Waals surface area contributed by atoms with Crippen molar-refractivity contribution in [2.75, 3.05) is 31.0 Å². The Morgan fingerprint density at radius 2 is 1.70 bits per heavy atom. The second-order valence-electron chi connectivity index (χ2n) is 9.15. The van der Waals surface area contributed by atoms with Crippen LogP contribution in [-0.4, -0.2) is 41.1 Å². The van der Waals surface area contributed by atoms with Crippen molar-refractivity contribution < 1.29 is 18.0 Å². The minimum Gasteiger partial charge on any atom is -0.348 e. The van der Waals surface area contributed by atoms with Crippen molar-refractivity contribution in [3.63, 3.8) is 0 Å². The highest BCUT2D eigenvalue weighted by Crippen LogP contribution is 2.30. The number of halogens is 4. The van der Waals surface area contributed by atoms with Crippen LogP contribution in [0.3, 0.4) is 0 Å². The maximum absolute atomic E-state index is 13.5. The first kappa shape index (κ1) is 28.0. The Balaban J connectivity index is 0.00000380. The average molecular weight is 536 g/mol. The number of nitrogens with zero attached hydrogens (tertiary/aromatic N) is 4. The maximum Gasteiger partial charge on any atom is 0.416 e. The standard InChI is InChI=1S/C26H28F3N5O2.ClH/c1-16-5-7-19(8-6-16)23(35)33-14-13-22-21(15-33)24(36)34(32(3)4)25(31-22)30-17(2)18-9-11-20(12-10-18)26(27,28)29;/h5-12,17H,13-15H2,1-4H3,(H,30,31);1H/t17-;/m0./s1. The summed E-state index contributed by atoms with van der Waals surface area (Å²) in [4.78, 5) is 32.8. The van der Waals surface area contributed by atoms with Gasteiger partial charge in [-0.3, -0.25) is 9.59 Å². The van der Waals surface area contributed by atoms with Gasteiger partial charge in [-0.25, -0.2) is 4.98 Å². The predicted octanol–water partition coefficient (Wildman–Crippen LogP) is 4.56. The SMILES string of the molecule is Cc1ccc(C(=O)N2CCc3nc(N[C@@H](C)c4ccc(C(F)(F)F)cc4)n(N(C)C)c(=O)c3C2)cc1.Cl. The third-order valence-corrected chi connectivity index (χ3v) is 6.28. The van der Waals surface area contributed by atoms with Crippen LogP contribution < -0.4 is 15.9 Å². The van der Waals surface area contributed by atoms with Crippen LogP contribution in [0.1, 0.15) is 51.3 Å². The van der Waals surface area contributed by atoms with Gasteiger partial charge < -0.3 is 15.2 Å². The van der Waals surface area contributed by atoms with E-state index in [0.29, 0.717) is 35.3 Å². The highest BCUT2D eigenvalue weighted by atomic mass is 35.5. The monoisotopic (exact) mass is 535 g/mol. The number of carbonyl (C=O) groups is 1. The lowest BCUT2D eigenvalue weighted by atomic mass is 10.0. The molecule has 37 heavy (non-hydrogen) atoms. The molecule has 7 nitrogen and oxygen atoms in total. The molecule has 1 N–H and O–H groups in total. The summed E-state index contributed by atoms with van der Waals surface area (Å²) in [5.41, 5.74) is 2.27. The first-order chi connectivity index (χ1) is 17.0. The molecule has 1 aliphatic heterocycles. The fourth-order valence-electron chi connectivity index (χ4n) is 4.22. The van der Waals surface area contributed by atoms with Crippen LogP contribution in [0.2, 0.25) is 0 Å². The van der Waals surface area contributed by atoms with E-state index >= 15 is 0 Å². The second-order valence-corrected chi connectivity index (χ2v) is 9.15. The van der Waals surface area contributed by atoms with Gasteiger partial charge in [-0.2, -0.15) is 17.8 Å². The van der Waals surface area contributed by atoms with Gasteiger partial charge >= 0.3 is 6.18 Å². The van der Waals surface area contributed by atoms with Crippen molar-refractivity contribution in [2.24, 2.45) is 0 Å². The van der Waals surface area contributed by atoms with Crippen molar-refractivity contribution in [3.8, 4) is 0 Å². The van der Waals surface area contributed by atoms with Gasteiger partial charge in [0.2, 0.25) is 5.95 Å². The lowest BCUT2D eigenvalue weighted by molar-refractivity contribution is -0.137. The Hall–Kier alpha value is -3.53. The number of fused-ring (bicyclic) bond motifs is 1. The molecule has 0 saturated carbocycles. The van der Waals surface area contributed by atoms with Crippen LogP contribution in [0.4, 0.5) is 19.1 Å². The normalized spacial score (nSPS) is 13.9. The van der Waals surface area contributed by atoms with E-state index < -0.39 is 17.8 Å². The van der Waals surface area contributed by atoms with Crippen LogP contribution in [-0.2, 0) is 19.1 Å². The molecule has 11 heteroatoms. The number of carbonyl (C=O) groups excluding carboxylic acids is 1. The molecule has 1 aliphatic rings. The smallest absolute Gasteiger partial charge is 0.348 e. The number of nitrogens with one attached hydrogen (secondary N) is 1. The Bertz CT molecular complexity index is 1320. The molecule has 0 fully saturated rings. The molecule has 2 aromatic carbocycles. The number of benzene rings is 2.